The van der Waals surface area contributed by atoms with Crippen LogP contribution in [0, 0.1) is 30.1 Å². The van der Waals surface area contributed by atoms with Gasteiger partial charge in [-0.15, -0.1) is 0 Å². The number of rotatable bonds is 6. The van der Waals surface area contributed by atoms with Crippen LogP contribution in [0.15, 0.2) is 36.8 Å². The molecule has 0 spiro atoms. The number of carbonyl (C=O) groups is 2. The Balaban J connectivity index is 1.11. The second kappa shape index (κ2) is 9.40. The van der Waals surface area contributed by atoms with E-state index in [-0.39, 0.29) is 35.7 Å². The molecular weight excluding hydrogens is 523 g/mol. The molecule has 3 aliphatic rings. The molecule has 0 radical (unpaired) electrons. The zero-order chi connectivity index (χ0) is 26.7. The minimum absolute atomic E-state index is 0.0240. The van der Waals surface area contributed by atoms with Gasteiger partial charge in [0.05, 0.1) is 34.5 Å². The molecule has 194 valence electrons. The minimum atomic E-state index is -0.210. The molecule has 1 N–H and O–H groups in total. The molecular formula is C28H26Cl2N6O2. The number of carbonyl (C=O) groups excluding carboxylic acids is 2. The third-order valence-electron chi connectivity index (χ3n) is 8.22. The molecule has 3 heterocycles. The Bertz CT molecular complexity index is 1510. The minimum Gasteiger partial charge on any atom is -0.349 e. The summed E-state index contributed by atoms with van der Waals surface area (Å²) in [6.07, 6.45) is 7.51. The van der Waals surface area contributed by atoms with Crippen molar-refractivity contribution in [3.63, 3.8) is 0 Å². The zero-order valence-electron chi connectivity index (χ0n) is 21.0. The number of nitrogens with one attached hydrogen (secondary N) is 1. The third kappa shape index (κ3) is 4.24. The van der Waals surface area contributed by atoms with Crippen LogP contribution in [-0.2, 0) is 4.79 Å². The fraction of sp³-hybridized carbons (Fsp3) is 0.393. The third-order valence-corrected chi connectivity index (χ3v) is 8.91. The van der Waals surface area contributed by atoms with Gasteiger partial charge >= 0.3 is 0 Å². The van der Waals surface area contributed by atoms with Gasteiger partial charge in [-0.1, -0.05) is 23.2 Å². The van der Waals surface area contributed by atoms with Gasteiger partial charge in [-0.3, -0.25) is 19.2 Å². The number of hydrogen-bond acceptors (Lipinski definition) is 5. The number of aromatic nitrogens is 3. The van der Waals surface area contributed by atoms with Crippen LogP contribution in [0.1, 0.15) is 70.8 Å². The highest BCUT2D eigenvalue weighted by molar-refractivity contribution is 6.34. The Morgan fingerprint density at radius 2 is 2.03 bits per heavy atom. The number of pyridine rings is 1. The number of anilines is 1. The summed E-state index contributed by atoms with van der Waals surface area (Å²) in [5.74, 6) is 1.22. The lowest BCUT2D eigenvalue weighted by Crippen LogP contribution is -2.43. The molecule has 0 unspecified atom stereocenters. The van der Waals surface area contributed by atoms with Crippen molar-refractivity contribution in [2.24, 2.45) is 11.8 Å². The second-order valence-electron chi connectivity index (χ2n) is 10.6. The van der Waals surface area contributed by atoms with Crippen LogP contribution < -0.4 is 10.2 Å². The highest BCUT2D eigenvalue weighted by Gasteiger charge is 2.53. The van der Waals surface area contributed by atoms with E-state index >= 15 is 0 Å². The monoisotopic (exact) mass is 548 g/mol. The number of piperidine rings is 1. The molecule has 38 heavy (non-hydrogen) atoms. The predicted molar refractivity (Wildman–Crippen MR) is 143 cm³/mol. The van der Waals surface area contributed by atoms with E-state index in [4.69, 9.17) is 23.2 Å². The van der Waals surface area contributed by atoms with Crippen molar-refractivity contribution in [1.29, 1.82) is 5.26 Å². The number of benzene rings is 1. The number of nitrogens with zero attached hydrogens (tertiary/aromatic N) is 5. The molecule has 1 aliphatic heterocycles. The van der Waals surface area contributed by atoms with Gasteiger partial charge in [0.25, 0.3) is 5.91 Å². The average Bonchev–Trinajstić information content (AvgIpc) is 3.33. The molecule has 10 heteroatoms. The number of fused-ring (bicyclic) bond motifs is 1. The molecule has 2 aliphatic carbocycles. The summed E-state index contributed by atoms with van der Waals surface area (Å²) in [4.78, 5) is 31.7. The molecule has 0 bridgehead atoms. The van der Waals surface area contributed by atoms with E-state index in [9.17, 15) is 14.9 Å². The fourth-order valence-electron chi connectivity index (χ4n) is 5.70. The Kier molecular flexibility index (Phi) is 6.16. The van der Waals surface area contributed by atoms with E-state index in [0.29, 0.717) is 39.5 Å². The molecule has 1 saturated heterocycles. The molecule has 1 aromatic carbocycles. The number of nitriles is 1. The molecule has 3 fully saturated rings. The fourth-order valence-corrected chi connectivity index (χ4v) is 6.14. The molecule has 2 saturated carbocycles. The molecule has 8 nitrogen and oxygen atoms in total. The van der Waals surface area contributed by atoms with Crippen LogP contribution >= 0.6 is 23.2 Å². The van der Waals surface area contributed by atoms with Crippen molar-refractivity contribution in [3.05, 3.63) is 74.7 Å². The summed E-state index contributed by atoms with van der Waals surface area (Å²) in [5.41, 5.74) is 3.75. The maximum absolute atomic E-state index is 12.9. The van der Waals surface area contributed by atoms with E-state index in [1.807, 2.05) is 19.9 Å². The van der Waals surface area contributed by atoms with Gasteiger partial charge in [0.1, 0.15) is 0 Å². The number of halogens is 2. The smallest absolute Gasteiger partial charge is 0.254 e. The summed E-state index contributed by atoms with van der Waals surface area (Å²) < 4.78 is 1.72. The lowest BCUT2D eigenvalue weighted by Gasteiger charge is -2.36. The summed E-state index contributed by atoms with van der Waals surface area (Å²) in [5, 5.41) is 18.0. The first kappa shape index (κ1) is 24.9. The summed E-state index contributed by atoms with van der Waals surface area (Å²) in [7, 11) is 0. The van der Waals surface area contributed by atoms with Gasteiger partial charge in [-0.05, 0) is 79.8 Å². The van der Waals surface area contributed by atoms with Gasteiger partial charge in [-0.2, -0.15) is 10.4 Å². The first-order valence-corrected chi connectivity index (χ1v) is 13.5. The van der Waals surface area contributed by atoms with Gasteiger partial charge in [0.2, 0.25) is 5.91 Å². The lowest BCUT2D eigenvalue weighted by atomic mass is 9.74. The first-order valence-electron chi connectivity index (χ1n) is 12.8. The van der Waals surface area contributed by atoms with Crippen LogP contribution in [0.3, 0.4) is 0 Å². The highest BCUT2D eigenvalue weighted by Crippen LogP contribution is 2.48. The Hall–Kier alpha value is -3.41. The van der Waals surface area contributed by atoms with Gasteiger partial charge < -0.3 is 5.32 Å². The second-order valence-corrected chi connectivity index (χ2v) is 11.4. The van der Waals surface area contributed by atoms with Crippen molar-refractivity contribution in [2.45, 2.75) is 51.1 Å². The predicted octanol–water partition coefficient (Wildman–Crippen LogP) is 5.03. The van der Waals surface area contributed by atoms with Crippen molar-refractivity contribution >= 4 is 40.8 Å². The molecule has 3 atom stereocenters. The normalized spacial score (nSPS) is 24.4. The van der Waals surface area contributed by atoms with E-state index in [1.165, 1.54) is 0 Å². The Morgan fingerprint density at radius 3 is 2.74 bits per heavy atom. The largest absolute Gasteiger partial charge is 0.349 e. The molecule has 2 amide bonds. The van der Waals surface area contributed by atoms with E-state index < -0.39 is 0 Å². The summed E-state index contributed by atoms with van der Waals surface area (Å²) >= 11 is 12.8. The maximum Gasteiger partial charge on any atom is 0.254 e. The maximum atomic E-state index is 12.9. The van der Waals surface area contributed by atoms with E-state index in [1.54, 1.807) is 40.3 Å². The van der Waals surface area contributed by atoms with Crippen LogP contribution in [0.25, 0.3) is 0 Å². The van der Waals surface area contributed by atoms with E-state index in [2.05, 4.69) is 21.5 Å². The van der Waals surface area contributed by atoms with Crippen molar-refractivity contribution in [2.75, 3.05) is 11.4 Å². The number of hydrogen-bond donors (Lipinski definition) is 1. The summed E-state index contributed by atoms with van der Waals surface area (Å²) in [6.45, 7) is 4.57. The topological polar surface area (TPSA) is 104 Å². The van der Waals surface area contributed by atoms with Gasteiger partial charge in [-0.25, -0.2) is 4.98 Å². The molecule has 6 rings (SSSR count). The van der Waals surface area contributed by atoms with Crippen molar-refractivity contribution < 1.29 is 9.59 Å². The lowest BCUT2D eigenvalue weighted by molar-refractivity contribution is -0.118. The quantitative estimate of drug-likeness (QED) is 0.465. The SMILES string of the molecule is Cc1c([C@H](C)n2cc(C(=O)NC3CC(c4cc(Cl)ccc4C#N)C3)cn2)cnc(N2C[C@H]3C[C@H]3C2=O)c1Cl. The highest BCUT2D eigenvalue weighted by atomic mass is 35.5. The molecule has 2 aromatic heterocycles. The van der Waals surface area contributed by atoms with Crippen LogP contribution in [-0.4, -0.2) is 39.2 Å². The van der Waals surface area contributed by atoms with Crippen molar-refractivity contribution in [3.8, 4) is 6.07 Å². The van der Waals surface area contributed by atoms with Crippen LogP contribution in [0.5, 0.6) is 0 Å². The summed E-state index contributed by atoms with van der Waals surface area (Å²) in [6, 6.07) is 7.34. The Labute approximate surface area is 230 Å². The molecule has 3 aromatic rings. The van der Waals surface area contributed by atoms with Gasteiger partial charge in [0.15, 0.2) is 5.82 Å². The number of amides is 2. The van der Waals surface area contributed by atoms with Crippen LogP contribution in [0.2, 0.25) is 10.0 Å². The standard InChI is InChI=1S/C28H26Cl2N6O2/c1-14-24(11-32-26(25(14)30)35-12-18-7-23(18)28(35)38)15(2)36-13-19(10-33-36)27(37)34-21-5-17(6-21)22-8-20(29)4-3-16(22)9-31/h3-4,8,10-11,13,15,17-18,21,23H,5-7,12H2,1-2H3,(H,34,37)/t15-,17?,18+,21?,23+/m0/s1. The van der Waals surface area contributed by atoms with E-state index in [0.717, 1.165) is 36.0 Å². The zero-order valence-corrected chi connectivity index (χ0v) is 22.5. The van der Waals surface area contributed by atoms with Crippen LogP contribution in [0.4, 0.5) is 5.82 Å². The average molecular weight is 549 g/mol. The van der Waals surface area contributed by atoms with Crippen molar-refractivity contribution in [1.82, 2.24) is 20.1 Å². The first-order chi connectivity index (χ1) is 18.2. The van der Waals surface area contributed by atoms with Gasteiger partial charge in [0, 0.05) is 35.9 Å². The Morgan fingerprint density at radius 1 is 1.24 bits per heavy atom.